The van der Waals surface area contributed by atoms with Crippen LogP contribution in [0, 0.1) is 0 Å². The first-order chi connectivity index (χ1) is 13.1. The number of carbonyl (C=O) groups is 1. The molecule has 3 rings (SSSR count). The van der Waals surface area contributed by atoms with Crippen LogP contribution in [0.25, 0.3) is 0 Å². The number of carbonyl (C=O) groups excluding carboxylic acids is 1. The third kappa shape index (κ3) is 5.03. The van der Waals surface area contributed by atoms with E-state index in [2.05, 4.69) is 32.2 Å². The van der Waals surface area contributed by atoms with Gasteiger partial charge < -0.3 is 10.1 Å². The number of nitrogens with zero attached hydrogens (tertiary/aromatic N) is 1. The molecule has 1 N–H and O–H groups in total. The van der Waals surface area contributed by atoms with Gasteiger partial charge in [-0.15, -0.1) is 0 Å². The zero-order chi connectivity index (χ0) is 19.2. The molecular weight excluding hydrogens is 428 g/mol. The van der Waals surface area contributed by atoms with Gasteiger partial charge in [-0.3, -0.25) is 9.69 Å². The lowest BCUT2D eigenvalue weighted by molar-refractivity contribution is 0.0923. The first-order valence-electron chi connectivity index (χ1n) is 9.20. The third-order valence-electron chi connectivity index (χ3n) is 4.96. The van der Waals surface area contributed by atoms with E-state index in [1.54, 1.807) is 19.2 Å². The highest BCUT2D eigenvalue weighted by Crippen LogP contribution is 2.31. The molecule has 1 amide bonds. The molecule has 0 spiro atoms. The number of benzene rings is 2. The van der Waals surface area contributed by atoms with Crippen LogP contribution < -0.4 is 10.1 Å². The molecule has 0 saturated carbocycles. The van der Waals surface area contributed by atoms with E-state index < -0.39 is 0 Å². The minimum Gasteiger partial charge on any atom is -0.496 e. The fourth-order valence-electron chi connectivity index (χ4n) is 3.56. The van der Waals surface area contributed by atoms with E-state index in [1.807, 2.05) is 24.3 Å². The minimum atomic E-state index is -0.168. The summed E-state index contributed by atoms with van der Waals surface area (Å²) in [4.78, 5) is 15.2. The van der Waals surface area contributed by atoms with Crippen LogP contribution in [0.4, 0.5) is 0 Å². The smallest absolute Gasteiger partial charge is 0.252 e. The van der Waals surface area contributed by atoms with Gasteiger partial charge in [0.25, 0.3) is 5.91 Å². The summed E-state index contributed by atoms with van der Waals surface area (Å²) < 4.78 is 6.40. The number of amides is 1. The van der Waals surface area contributed by atoms with Crippen molar-refractivity contribution in [1.82, 2.24) is 10.2 Å². The van der Waals surface area contributed by atoms with Crippen LogP contribution >= 0.6 is 27.5 Å². The Kier molecular flexibility index (Phi) is 7.16. The molecule has 1 aliphatic heterocycles. The van der Waals surface area contributed by atoms with Crippen LogP contribution in [-0.2, 0) is 0 Å². The average molecular weight is 452 g/mol. The van der Waals surface area contributed by atoms with Crippen molar-refractivity contribution in [2.75, 3.05) is 26.7 Å². The lowest BCUT2D eigenvalue weighted by Crippen LogP contribution is -2.40. The van der Waals surface area contributed by atoms with Gasteiger partial charge in [-0.25, -0.2) is 0 Å². The quantitative estimate of drug-likeness (QED) is 0.667. The Hall–Kier alpha value is -1.56. The molecule has 1 saturated heterocycles. The van der Waals surface area contributed by atoms with E-state index in [0.717, 1.165) is 28.9 Å². The summed E-state index contributed by atoms with van der Waals surface area (Å²) in [5, 5.41) is 3.52. The van der Waals surface area contributed by atoms with Crippen molar-refractivity contribution in [3.63, 3.8) is 0 Å². The molecule has 1 fully saturated rings. The summed E-state index contributed by atoms with van der Waals surface area (Å²) in [6, 6.07) is 13.4. The number of para-hydroxylation sites is 1. The standard InChI is InChI=1S/C21H24BrClN2O2/c1-27-20-8-4-3-7-16(20)19(25-11-5-2-6-12-25)14-24-21(26)17-13-15(22)9-10-18(17)23/h3-4,7-10,13,19H,2,5-6,11-12,14H2,1H3,(H,24,26). The highest BCUT2D eigenvalue weighted by Gasteiger charge is 2.25. The van der Waals surface area contributed by atoms with Crippen LogP contribution in [0.1, 0.15) is 41.2 Å². The van der Waals surface area contributed by atoms with Crippen LogP contribution in [0.2, 0.25) is 5.02 Å². The highest BCUT2D eigenvalue weighted by atomic mass is 79.9. The molecule has 27 heavy (non-hydrogen) atoms. The van der Waals surface area contributed by atoms with Gasteiger partial charge in [0.2, 0.25) is 0 Å². The van der Waals surface area contributed by atoms with Gasteiger partial charge in [0, 0.05) is 16.6 Å². The Morgan fingerprint density at radius 1 is 1.22 bits per heavy atom. The molecule has 0 aromatic heterocycles. The van der Waals surface area contributed by atoms with Crippen molar-refractivity contribution in [2.45, 2.75) is 25.3 Å². The van der Waals surface area contributed by atoms with E-state index in [-0.39, 0.29) is 11.9 Å². The van der Waals surface area contributed by atoms with E-state index in [4.69, 9.17) is 16.3 Å². The van der Waals surface area contributed by atoms with E-state index in [1.165, 1.54) is 19.3 Å². The topological polar surface area (TPSA) is 41.6 Å². The number of piperidine rings is 1. The van der Waals surface area contributed by atoms with Gasteiger partial charge in [0.1, 0.15) is 5.75 Å². The second-order valence-corrected chi connectivity index (χ2v) is 8.01. The zero-order valence-corrected chi connectivity index (χ0v) is 17.7. The average Bonchev–Trinajstić information content (AvgIpc) is 2.71. The minimum absolute atomic E-state index is 0.0660. The lowest BCUT2D eigenvalue weighted by Gasteiger charge is -2.35. The van der Waals surface area contributed by atoms with Crippen molar-refractivity contribution in [1.29, 1.82) is 0 Å². The zero-order valence-electron chi connectivity index (χ0n) is 15.4. The van der Waals surface area contributed by atoms with Crippen LogP contribution in [0.3, 0.4) is 0 Å². The fraction of sp³-hybridized carbons (Fsp3) is 0.381. The highest BCUT2D eigenvalue weighted by molar-refractivity contribution is 9.10. The van der Waals surface area contributed by atoms with Crippen molar-refractivity contribution >= 4 is 33.4 Å². The molecule has 2 aromatic carbocycles. The molecule has 0 aliphatic carbocycles. The predicted octanol–water partition coefficient (Wildman–Crippen LogP) is 5.07. The number of methoxy groups -OCH3 is 1. The van der Waals surface area contributed by atoms with Crippen LogP contribution in [-0.4, -0.2) is 37.6 Å². The Morgan fingerprint density at radius 2 is 1.96 bits per heavy atom. The summed E-state index contributed by atoms with van der Waals surface area (Å²) in [6.07, 6.45) is 3.61. The molecule has 1 atom stereocenters. The Labute approximate surface area is 174 Å². The molecule has 144 valence electrons. The van der Waals surface area contributed by atoms with Gasteiger partial charge in [-0.05, 0) is 50.2 Å². The lowest BCUT2D eigenvalue weighted by atomic mass is 10.0. The summed E-state index contributed by atoms with van der Waals surface area (Å²) in [6.45, 7) is 2.55. The molecule has 0 bridgehead atoms. The molecule has 2 aromatic rings. The number of ether oxygens (including phenoxy) is 1. The maximum atomic E-state index is 12.7. The van der Waals surface area contributed by atoms with E-state index in [0.29, 0.717) is 17.1 Å². The number of rotatable bonds is 6. The van der Waals surface area contributed by atoms with E-state index in [9.17, 15) is 4.79 Å². The number of likely N-dealkylation sites (tertiary alicyclic amines) is 1. The molecule has 1 heterocycles. The monoisotopic (exact) mass is 450 g/mol. The second kappa shape index (κ2) is 9.58. The van der Waals surface area contributed by atoms with Gasteiger partial charge in [0.15, 0.2) is 0 Å². The SMILES string of the molecule is COc1ccccc1C(CNC(=O)c1cc(Br)ccc1Cl)N1CCCCC1. The Balaban J connectivity index is 1.81. The van der Waals surface area contributed by atoms with Crippen LogP contribution in [0.5, 0.6) is 5.75 Å². The molecule has 1 aliphatic rings. The predicted molar refractivity (Wildman–Crippen MR) is 113 cm³/mol. The molecule has 0 radical (unpaired) electrons. The summed E-state index contributed by atoms with van der Waals surface area (Å²) >= 11 is 9.61. The second-order valence-electron chi connectivity index (χ2n) is 6.69. The van der Waals surface area contributed by atoms with Crippen molar-refractivity contribution in [2.24, 2.45) is 0 Å². The summed E-state index contributed by atoms with van der Waals surface area (Å²) in [5.41, 5.74) is 1.58. The fourth-order valence-corrected chi connectivity index (χ4v) is 4.13. The van der Waals surface area contributed by atoms with Crippen LogP contribution in [0.15, 0.2) is 46.9 Å². The van der Waals surface area contributed by atoms with Crippen molar-refractivity contribution < 1.29 is 9.53 Å². The van der Waals surface area contributed by atoms with Crippen molar-refractivity contribution in [3.8, 4) is 5.75 Å². The number of halogens is 2. The molecule has 4 nitrogen and oxygen atoms in total. The van der Waals surface area contributed by atoms with Gasteiger partial charge in [0.05, 0.1) is 23.7 Å². The van der Waals surface area contributed by atoms with E-state index >= 15 is 0 Å². The van der Waals surface area contributed by atoms with Gasteiger partial charge in [-0.2, -0.15) is 0 Å². The van der Waals surface area contributed by atoms with Gasteiger partial charge in [-0.1, -0.05) is 52.2 Å². The Morgan fingerprint density at radius 3 is 2.70 bits per heavy atom. The maximum Gasteiger partial charge on any atom is 0.252 e. The largest absolute Gasteiger partial charge is 0.496 e. The normalized spacial score (nSPS) is 16.0. The maximum absolute atomic E-state index is 12.7. The number of hydrogen-bond donors (Lipinski definition) is 1. The first-order valence-corrected chi connectivity index (χ1v) is 10.4. The number of hydrogen-bond acceptors (Lipinski definition) is 3. The summed E-state index contributed by atoms with van der Waals surface area (Å²) in [7, 11) is 1.69. The Bertz CT molecular complexity index is 794. The molecule has 1 unspecified atom stereocenters. The first kappa shape index (κ1) is 20.2. The van der Waals surface area contributed by atoms with Crippen molar-refractivity contribution in [3.05, 3.63) is 63.1 Å². The van der Waals surface area contributed by atoms with Gasteiger partial charge >= 0.3 is 0 Å². The summed E-state index contributed by atoms with van der Waals surface area (Å²) in [5.74, 6) is 0.681. The third-order valence-corrected chi connectivity index (χ3v) is 5.78. The molecular formula is C21H24BrClN2O2. The number of nitrogens with one attached hydrogen (secondary N) is 1. The molecule has 6 heteroatoms.